The van der Waals surface area contributed by atoms with Crippen LogP contribution in [0.15, 0.2) is 83.5 Å². The maximum atomic E-state index is 12.8. The zero-order chi connectivity index (χ0) is 20.8. The molecule has 0 aliphatic carbocycles. The molecular weight excluding hydrogens is 376 g/mol. The lowest BCUT2D eigenvalue weighted by molar-refractivity contribution is -0.124. The molecule has 1 aliphatic rings. The number of furan rings is 1. The summed E-state index contributed by atoms with van der Waals surface area (Å²) in [7, 11) is 0. The third kappa shape index (κ3) is 4.46. The Labute approximate surface area is 176 Å². The van der Waals surface area contributed by atoms with Gasteiger partial charge in [-0.25, -0.2) is 0 Å². The summed E-state index contributed by atoms with van der Waals surface area (Å²) >= 11 is 0. The maximum Gasteiger partial charge on any atom is 0.290 e. The van der Waals surface area contributed by atoms with Crippen molar-refractivity contribution in [2.45, 2.75) is 31.2 Å². The van der Waals surface area contributed by atoms with Crippen LogP contribution in [-0.2, 0) is 4.79 Å². The topological polar surface area (TPSA) is 62.6 Å². The van der Waals surface area contributed by atoms with E-state index in [1.807, 2.05) is 36.4 Å². The minimum Gasteiger partial charge on any atom is -0.459 e. The van der Waals surface area contributed by atoms with E-state index in [-0.39, 0.29) is 23.5 Å². The first-order valence-electron chi connectivity index (χ1n) is 10.5. The van der Waals surface area contributed by atoms with E-state index in [4.69, 9.17) is 4.42 Å². The molecule has 0 spiro atoms. The van der Waals surface area contributed by atoms with Gasteiger partial charge >= 0.3 is 0 Å². The van der Waals surface area contributed by atoms with Crippen LogP contribution >= 0.6 is 0 Å². The van der Waals surface area contributed by atoms with Crippen LogP contribution in [0.25, 0.3) is 0 Å². The lowest BCUT2D eigenvalue weighted by Gasteiger charge is -2.24. The van der Waals surface area contributed by atoms with Gasteiger partial charge in [0.15, 0.2) is 5.76 Å². The van der Waals surface area contributed by atoms with Crippen molar-refractivity contribution < 1.29 is 14.0 Å². The Hall–Kier alpha value is -3.34. The first-order chi connectivity index (χ1) is 14.7. The van der Waals surface area contributed by atoms with Crippen molar-refractivity contribution in [2.75, 3.05) is 13.1 Å². The van der Waals surface area contributed by atoms with Crippen molar-refractivity contribution in [2.24, 2.45) is 0 Å². The molecule has 3 aromatic rings. The number of amides is 2. The highest BCUT2D eigenvalue weighted by Crippen LogP contribution is 2.27. The molecule has 0 saturated carbocycles. The summed E-state index contributed by atoms with van der Waals surface area (Å²) in [5.74, 6) is 0.177. The molecule has 1 atom stereocenters. The van der Waals surface area contributed by atoms with Gasteiger partial charge in [0.25, 0.3) is 5.91 Å². The minimum atomic E-state index is -0.436. The summed E-state index contributed by atoms with van der Waals surface area (Å²) < 4.78 is 5.22. The number of carbonyl (C=O) groups is 2. The molecule has 2 heterocycles. The molecular formula is C25H26N2O3. The largest absolute Gasteiger partial charge is 0.459 e. The molecule has 1 aliphatic heterocycles. The van der Waals surface area contributed by atoms with Crippen LogP contribution in [0.2, 0.25) is 0 Å². The fourth-order valence-corrected chi connectivity index (χ4v) is 4.18. The van der Waals surface area contributed by atoms with Crippen LogP contribution < -0.4 is 5.32 Å². The Morgan fingerprint density at radius 1 is 0.967 bits per heavy atom. The minimum absolute atomic E-state index is 0.0905. The Kier molecular flexibility index (Phi) is 6.28. The van der Waals surface area contributed by atoms with E-state index >= 15 is 0 Å². The van der Waals surface area contributed by atoms with Crippen molar-refractivity contribution in [3.05, 3.63) is 95.9 Å². The average Bonchev–Trinajstić information content (AvgIpc) is 3.50. The lowest BCUT2D eigenvalue weighted by atomic mass is 9.88. The molecule has 0 bridgehead atoms. The highest BCUT2D eigenvalue weighted by atomic mass is 16.3. The monoisotopic (exact) mass is 402 g/mol. The number of benzene rings is 2. The predicted molar refractivity (Wildman–Crippen MR) is 115 cm³/mol. The molecule has 1 N–H and O–H groups in total. The molecule has 30 heavy (non-hydrogen) atoms. The fraction of sp³-hybridized carbons (Fsp3) is 0.280. The van der Waals surface area contributed by atoms with E-state index in [9.17, 15) is 9.59 Å². The summed E-state index contributed by atoms with van der Waals surface area (Å²) in [6.07, 6.45) is 3.77. The van der Waals surface area contributed by atoms with Gasteiger partial charge < -0.3 is 14.6 Å². The van der Waals surface area contributed by atoms with Crippen molar-refractivity contribution in [3.8, 4) is 0 Å². The Bertz CT molecular complexity index is 915. The summed E-state index contributed by atoms with van der Waals surface area (Å²) in [6.45, 7) is 1.13. The number of rotatable bonds is 7. The molecule has 5 nitrogen and oxygen atoms in total. The smallest absolute Gasteiger partial charge is 0.290 e. The first-order valence-corrected chi connectivity index (χ1v) is 10.5. The second-order valence-electron chi connectivity index (χ2n) is 7.59. The Morgan fingerprint density at radius 2 is 1.63 bits per heavy atom. The van der Waals surface area contributed by atoms with Crippen LogP contribution in [0, 0.1) is 0 Å². The SMILES string of the molecule is O=C(NCCC(c1ccccc1)c1ccccc1)[C@@H]1CCCN1C(=O)c1ccco1. The number of carbonyl (C=O) groups excluding carboxylic acids is 2. The third-order valence-corrected chi connectivity index (χ3v) is 5.68. The van der Waals surface area contributed by atoms with Gasteiger partial charge in [-0.05, 0) is 42.5 Å². The average molecular weight is 402 g/mol. The van der Waals surface area contributed by atoms with Gasteiger partial charge in [0.05, 0.1) is 6.26 Å². The highest BCUT2D eigenvalue weighted by molar-refractivity contribution is 5.95. The van der Waals surface area contributed by atoms with Gasteiger partial charge in [0, 0.05) is 19.0 Å². The molecule has 2 amide bonds. The van der Waals surface area contributed by atoms with Crippen molar-refractivity contribution in [1.82, 2.24) is 10.2 Å². The quantitative estimate of drug-likeness (QED) is 0.644. The summed E-state index contributed by atoms with van der Waals surface area (Å²) in [6, 6.07) is 23.6. The van der Waals surface area contributed by atoms with Crippen LogP contribution in [0.1, 0.15) is 46.9 Å². The fourth-order valence-electron chi connectivity index (χ4n) is 4.18. The van der Waals surface area contributed by atoms with Crippen molar-refractivity contribution in [3.63, 3.8) is 0 Å². The van der Waals surface area contributed by atoms with E-state index in [0.717, 1.165) is 12.8 Å². The van der Waals surface area contributed by atoms with E-state index in [2.05, 4.69) is 29.6 Å². The molecule has 0 radical (unpaired) electrons. The Balaban J connectivity index is 1.39. The van der Waals surface area contributed by atoms with Crippen molar-refractivity contribution >= 4 is 11.8 Å². The predicted octanol–water partition coefficient (Wildman–Crippen LogP) is 4.22. The van der Waals surface area contributed by atoms with E-state index in [1.165, 1.54) is 17.4 Å². The van der Waals surface area contributed by atoms with Gasteiger partial charge in [0.1, 0.15) is 6.04 Å². The molecule has 2 aromatic carbocycles. The highest BCUT2D eigenvalue weighted by Gasteiger charge is 2.35. The van der Waals surface area contributed by atoms with Crippen molar-refractivity contribution in [1.29, 1.82) is 0 Å². The number of nitrogens with zero attached hydrogens (tertiary/aromatic N) is 1. The zero-order valence-corrected chi connectivity index (χ0v) is 16.9. The summed E-state index contributed by atoms with van der Waals surface area (Å²) in [5, 5.41) is 3.06. The zero-order valence-electron chi connectivity index (χ0n) is 16.9. The molecule has 1 fully saturated rings. The lowest BCUT2D eigenvalue weighted by Crippen LogP contribution is -2.46. The van der Waals surface area contributed by atoms with E-state index < -0.39 is 6.04 Å². The number of hydrogen-bond donors (Lipinski definition) is 1. The van der Waals surface area contributed by atoms with Gasteiger partial charge in [0.2, 0.25) is 5.91 Å². The van der Waals surface area contributed by atoms with Crippen LogP contribution in [0.5, 0.6) is 0 Å². The normalized spacial score (nSPS) is 16.0. The second kappa shape index (κ2) is 9.44. The number of likely N-dealkylation sites (tertiary alicyclic amines) is 1. The van der Waals surface area contributed by atoms with E-state index in [0.29, 0.717) is 19.5 Å². The van der Waals surface area contributed by atoms with E-state index in [1.54, 1.807) is 17.0 Å². The van der Waals surface area contributed by atoms with Gasteiger partial charge in [-0.3, -0.25) is 9.59 Å². The molecule has 1 aromatic heterocycles. The van der Waals surface area contributed by atoms with Crippen LogP contribution in [0.3, 0.4) is 0 Å². The second-order valence-corrected chi connectivity index (χ2v) is 7.59. The first kappa shape index (κ1) is 20.0. The van der Waals surface area contributed by atoms with Crippen LogP contribution in [0.4, 0.5) is 0 Å². The molecule has 0 unspecified atom stereocenters. The van der Waals surface area contributed by atoms with Gasteiger partial charge in [-0.2, -0.15) is 0 Å². The van der Waals surface area contributed by atoms with Crippen LogP contribution in [-0.4, -0.2) is 35.8 Å². The maximum absolute atomic E-state index is 12.8. The summed E-state index contributed by atoms with van der Waals surface area (Å²) in [4.78, 5) is 27.1. The third-order valence-electron chi connectivity index (χ3n) is 5.68. The molecule has 4 rings (SSSR count). The number of hydrogen-bond acceptors (Lipinski definition) is 3. The van der Waals surface area contributed by atoms with Gasteiger partial charge in [-0.15, -0.1) is 0 Å². The van der Waals surface area contributed by atoms with Gasteiger partial charge in [-0.1, -0.05) is 60.7 Å². The molecule has 1 saturated heterocycles. The molecule has 5 heteroatoms. The molecule has 154 valence electrons. The standard InChI is InChI=1S/C25H26N2O3/c28-24(22-13-7-17-27(22)25(29)23-14-8-18-30-23)26-16-15-21(19-9-3-1-4-10-19)20-11-5-2-6-12-20/h1-6,8-12,14,18,21-22H,7,13,15-17H2,(H,26,28)/t22-/m0/s1. The Morgan fingerprint density at radius 3 is 2.23 bits per heavy atom. The summed E-state index contributed by atoms with van der Waals surface area (Å²) in [5.41, 5.74) is 2.46. The number of nitrogens with one attached hydrogen (secondary N) is 1.